The van der Waals surface area contributed by atoms with Gasteiger partial charge in [0.1, 0.15) is 0 Å². The predicted molar refractivity (Wildman–Crippen MR) is 11.7 cm³/mol. The van der Waals surface area contributed by atoms with Gasteiger partial charge in [0, 0.05) is 22.4 Å². The van der Waals surface area contributed by atoms with Crippen molar-refractivity contribution in [2.45, 2.75) is 0 Å². The van der Waals surface area contributed by atoms with Gasteiger partial charge in [-0.2, -0.15) is 0 Å². The summed E-state index contributed by atoms with van der Waals surface area (Å²) in [6.45, 7) is 0. The third-order valence-electron chi connectivity index (χ3n) is 0. The molecule has 0 fully saturated rings. The SMILES string of the molecule is [Ag].[Cl][Ti][Cl]. The Morgan fingerprint density at radius 2 is 1.25 bits per heavy atom. The van der Waals surface area contributed by atoms with E-state index in [1.54, 1.807) is 0 Å². The van der Waals surface area contributed by atoms with E-state index in [0.717, 1.165) is 0 Å². The minimum atomic E-state index is -0.556. The van der Waals surface area contributed by atoms with Gasteiger partial charge in [0.15, 0.2) is 0 Å². The molecule has 0 nitrogen and oxygen atoms in total. The molecule has 0 amide bonds. The predicted octanol–water partition coefficient (Wildman–Crippen LogP) is 1.37. The maximum atomic E-state index is 4.89. The fourth-order valence-electron chi connectivity index (χ4n) is 0. The van der Waals surface area contributed by atoms with Crippen molar-refractivity contribution in [2.24, 2.45) is 0 Å². The summed E-state index contributed by atoms with van der Waals surface area (Å²) in [6, 6.07) is 0. The Morgan fingerprint density at radius 1 is 1.25 bits per heavy atom. The van der Waals surface area contributed by atoms with Crippen LogP contribution in [-0.2, 0) is 39.4 Å². The Bertz CT molecular complexity index is 6.00. The number of rotatable bonds is 0. The number of halogens is 2. The van der Waals surface area contributed by atoms with Gasteiger partial charge in [-0.05, 0) is 0 Å². The van der Waals surface area contributed by atoms with E-state index in [4.69, 9.17) is 18.6 Å². The Labute approximate surface area is 57.4 Å². The molecule has 4 heavy (non-hydrogen) atoms. The van der Waals surface area contributed by atoms with Crippen LogP contribution in [0.4, 0.5) is 0 Å². The fourth-order valence-corrected chi connectivity index (χ4v) is 0. The van der Waals surface area contributed by atoms with E-state index < -0.39 is 17.0 Å². The molecule has 1 radical (unpaired) electrons. The molecule has 4 heteroatoms. The average Bonchev–Trinajstić information content (AvgIpc) is 0.918. The Balaban J connectivity index is 0. The summed E-state index contributed by atoms with van der Waals surface area (Å²) in [5, 5.41) is 0. The maximum absolute atomic E-state index is 4.89. The zero-order valence-electron chi connectivity index (χ0n) is 1.56. The summed E-state index contributed by atoms with van der Waals surface area (Å²) in [5.74, 6) is 0. The standard InChI is InChI=1S/Ag.2ClH.Ti/h;2*1H;/q;;;+2/p-2. The van der Waals surface area contributed by atoms with Crippen LogP contribution in [0.5, 0.6) is 0 Å². The molecule has 0 aromatic rings. The zero-order valence-corrected chi connectivity index (χ0v) is 6.11. The molecule has 0 rings (SSSR count). The van der Waals surface area contributed by atoms with Crippen LogP contribution in [0.1, 0.15) is 0 Å². The normalized spacial score (nSPS) is 3.50. The molecule has 29 valence electrons. The van der Waals surface area contributed by atoms with E-state index >= 15 is 0 Å². The van der Waals surface area contributed by atoms with Gasteiger partial charge in [-0.3, -0.25) is 0 Å². The number of hydrogen-bond acceptors (Lipinski definition) is 0. The Morgan fingerprint density at radius 3 is 1.25 bits per heavy atom. The summed E-state index contributed by atoms with van der Waals surface area (Å²) in [7, 11) is 9.78. The van der Waals surface area contributed by atoms with E-state index in [9.17, 15) is 0 Å². The van der Waals surface area contributed by atoms with Gasteiger partial charge >= 0.3 is 35.6 Å². The summed E-state index contributed by atoms with van der Waals surface area (Å²) >= 11 is -0.556. The molecule has 0 aromatic carbocycles. The third kappa shape index (κ3) is 8.98. The second-order valence-corrected chi connectivity index (χ2v) is 2.65. The quantitative estimate of drug-likeness (QED) is 0.548. The van der Waals surface area contributed by atoms with Crippen molar-refractivity contribution in [1.82, 2.24) is 0 Å². The van der Waals surface area contributed by atoms with E-state index in [-0.39, 0.29) is 22.4 Å². The number of hydrogen-bond donors (Lipinski definition) is 0. The third-order valence-corrected chi connectivity index (χ3v) is 0. The topological polar surface area (TPSA) is 0 Å². The zero-order chi connectivity index (χ0) is 2.71. The van der Waals surface area contributed by atoms with Gasteiger partial charge in [0.05, 0.1) is 0 Å². The molecule has 0 unspecified atom stereocenters. The van der Waals surface area contributed by atoms with Gasteiger partial charge in [0.2, 0.25) is 0 Å². The molecule has 0 aromatic heterocycles. The molecule has 0 spiro atoms. The van der Waals surface area contributed by atoms with Gasteiger partial charge in [0.25, 0.3) is 0 Å². The summed E-state index contributed by atoms with van der Waals surface area (Å²) in [4.78, 5) is 0. The van der Waals surface area contributed by atoms with Crippen LogP contribution in [0.2, 0.25) is 0 Å². The first-order valence-electron chi connectivity index (χ1n) is 0.378. The minimum absolute atomic E-state index is 0. The van der Waals surface area contributed by atoms with Gasteiger partial charge in [-0.15, -0.1) is 0 Å². The molecular weight excluding hydrogens is 227 g/mol. The van der Waals surface area contributed by atoms with Crippen LogP contribution < -0.4 is 0 Å². The molecule has 0 aliphatic rings. The van der Waals surface area contributed by atoms with Gasteiger partial charge in [-0.25, -0.2) is 0 Å². The molecular formula is AgCl2Ti. The fraction of sp³-hybridized carbons (Fsp3) is 0. The Hall–Kier alpha value is 2.03. The molecule has 0 bridgehead atoms. The van der Waals surface area contributed by atoms with Crippen molar-refractivity contribution in [3.8, 4) is 0 Å². The van der Waals surface area contributed by atoms with Crippen LogP contribution in [0.3, 0.4) is 0 Å². The molecule has 0 saturated carbocycles. The average molecular weight is 227 g/mol. The van der Waals surface area contributed by atoms with Crippen molar-refractivity contribution in [1.29, 1.82) is 0 Å². The first-order chi connectivity index (χ1) is 1.41. The van der Waals surface area contributed by atoms with Crippen molar-refractivity contribution in [3.63, 3.8) is 0 Å². The van der Waals surface area contributed by atoms with Crippen molar-refractivity contribution < 1.29 is 39.4 Å². The van der Waals surface area contributed by atoms with E-state index in [1.807, 2.05) is 0 Å². The molecule has 0 aliphatic heterocycles. The van der Waals surface area contributed by atoms with Crippen molar-refractivity contribution in [3.05, 3.63) is 0 Å². The molecule has 0 saturated heterocycles. The monoisotopic (exact) mass is 225 g/mol. The van der Waals surface area contributed by atoms with Crippen molar-refractivity contribution >= 4 is 18.6 Å². The van der Waals surface area contributed by atoms with Crippen LogP contribution in [0.25, 0.3) is 0 Å². The second-order valence-electron chi connectivity index (χ2n) is 0.0714. The Kier molecular flexibility index (Phi) is 20.9. The molecule has 0 N–H and O–H groups in total. The molecule has 0 heterocycles. The second kappa shape index (κ2) is 8.90. The van der Waals surface area contributed by atoms with Crippen LogP contribution in [0.15, 0.2) is 0 Å². The molecule has 0 aliphatic carbocycles. The van der Waals surface area contributed by atoms with E-state index in [1.165, 1.54) is 0 Å². The first-order valence-corrected chi connectivity index (χ1v) is 4.68. The van der Waals surface area contributed by atoms with Crippen LogP contribution in [0, 0.1) is 0 Å². The first kappa shape index (κ1) is 9.40. The van der Waals surface area contributed by atoms with E-state index in [0.29, 0.717) is 0 Å². The van der Waals surface area contributed by atoms with Crippen molar-refractivity contribution in [2.75, 3.05) is 0 Å². The summed E-state index contributed by atoms with van der Waals surface area (Å²) in [6.07, 6.45) is 0. The van der Waals surface area contributed by atoms with Gasteiger partial charge < -0.3 is 0 Å². The molecule has 0 atom stereocenters. The van der Waals surface area contributed by atoms with Crippen LogP contribution in [-0.4, -0.2) is 0 Å². The van der Waals surface area contributed by atoms with E-state index in [2.05, 4.69) is 0 Å². The van der Waals surface area contributed by atoms with Gasteiger partial charge in [-0.1, -0.05) is 0 Å². The van der Waals surface area contributed by atoms with Crippen LogP contribution >= 0.6 is 18.6 Å². The summed E-state index contributed by atoms with van der Waals surface area (Å²) in [5.41, 5.74) is 0. The summed E-state index contributed by atoms with van der Waals surface area (Å²) < 4.78 is 0.